The summed E-state index contributed by atoms with van der Waals surface area (Å²) in [5, 5.41) is 3.10. The number of benzene rings is 2. The number of carbonyl (C=O) groups is 1. The molecule has 1 aromatic heterocycles. The Labute approximate surface area is 146 Å². The van der Waals surface area contributed by atoms with Crippen molar-refractivity contribution in [2.24, 2.45) is 0 Å². The molecule has 2 aromatic carbocycles. The van der Waals surface area contributed by atoms with Crippen LogP contribution in [0.3, 0.4) is 0 Å². The Kier molecular flexibility index (Phi) is 5.64. The molecule has 1 amide bonds. The molecule has 3 aromatic rings. The van der Waals surface area contributed by atoms with Crippen molar-refractivity contribution in [3.8, 4) is 0 Å². The molecule has 0 aliphatic carbocycles. The maximum atomic E-state index is 12.4. The molecule has 0 fully saturated rings. The van der Waals surface area contributed by atoms with E-state index in [1.807, 2.05) is 78.9 Å². The third kappa shape index (κ3) is 4.46. The van der Waals surface area contributed by atoms with Crippen LogP contribution in [-0.4, -0.2) is 16.6 Å². The minimum absolute atomic E-state index is 0.0108. The maximum Gasteiger partial charge on any atom is 0.231 e. The number of hydrogen-bond donors (Lipinski definition) is 1. The van der Waals surface area contributed by atoms with E-state index < -0.39 is 0 Å². The van der Waals surface area contributed by atoms with Gasteiger partial charge in [0, 0.05) is 11.1 Å². The maximum absolute atomic E-state index is 12.4. The Morgan fingerprint density at radius 1 is 0.917 bits per heavy atom. The molecule has 3 rings (SSSR count). The average molecular weight is 334 g/mol. The first-order valence-electron chi connectivity index (χ1n) is 7.76. The van der Waals surface area contributed by atoms with E-state index in [2.05, 4.69) is 10.3 Å². The van der Waals surface area contributed by atoms with Crippen LogP contribution in [0.25, 0.3) is 0 Å². The first kappa shape index (κ1) is 16.3. The van der Waals surface area contributed by atoms with Gasteiger partial charge in [-0.15, -0.1) is 11.8 Å². The summed E-state index contributed by atoms with van der Waals surface area (Å²) < 4.78 is 0. The zero-order valence-electron chi connectivity index (χ0n) is 13.1. The summed E-state index contributed by atoms with van der Waals surface area (Å²) in [7, 11) is 0. The second-order valence-electron chi connectivity index (χ2n) is 5.27. The van der Waals surface area contributed by atoms with Gasteiger partial charge in [-0.1, -0.05) is 54.6 Å². The van der Waals surface area contributed by atoms with Crippen molar-refractivity contribution in [2.45, 2.75) is 10.9 Å². The molecule has 0 saturated carbocycles. The van der Waals surface area contributed by atoms with Crippen molar-refractivity contribution in [2.75, 3.05) is 5.75 Å². The molecule has 1 atom stereocenters. The Balaban J connectivity index is 1.71. The number of aromatic nitrogens is 1. The second-order valence-corrected chi connectivity index (χ2v) is 6.32. The monoisotopic (exact) mass is 334 g/mol. The van der Waals surface area contributed by atoms with Crippen LogP contribution >= 0.6 is 11.8 Å². The lowest BCUT2D eigenvalue weighted by Crippen LogP contribution is -2.31. The van der Waals surface area contributed by atoms with Crippen LogP contribution in [0.15, 0.2) is 90.0 Å². The minimum Gasteiger partial charge on any atom is -0.343 e. The van der Waals surface area contributed by atoms with Crippen LogP contribution in [0.2, 0.25) is 0 Å². The number of nitrogens with zero attached hydrogens (tertiary/aromatic N) is 1. The SMILES string of the molecule is O=C(CSc1ccccc1)NC(c1ccccc1)c1ccccn1. The first-order chi connectivity index (χ1) is 11.8. The number of thioether (sulfide) groups is 1. The molecule has 0 aliphatic rings. The van der Waals surface area contributed by atoms with Crippen molar-refractivity contribution in [1.29, 1.82) is 0 Å². The predicted molar refractivity (Wildman–Crippen MR) is 97.8 cm³/mol. The second kappa shape index (κ2) is 8.31. The number of nitrogens with one attached hydrogen (secondary N) is 1. The average Bonchev–Trinajstić information content (AvgIpc) is 2.67. The van der Waals surface area contributed by atoms with Crippen LogP contribution in [0, 0.1) is 0 Å². The van der Waals surface area contributed by atoms with E-state index in [0.717, 1.165) is 16.2 Å². The van der Waals surface area contributed by atoms with E-state index in [-0.39, 0.29) is 11.9 Å². The Morgan fingerprint density at radius 3 is 2.25 bits per heavy atom. The third-order valence-electron chi connectivity index (χ3n) is 3.53. The predicted octanol–water partition coefficient (Wildman–Crippen LogP) is 4.08. The molecule has 1 N–H and O–H groups in total. The molecule has 0 radical (unpaired) electrons. The van der Waals surface area contributed by atoms with Crippen LogP contribution in [-0.2, 0) is 4.79 Å². The largest absolute Gasteiger partial charge is 0.343 e. The lowest BCUT2D eigenvalue weighted by molar-refractivity contribution is -0.119. The molecule has 0 aliphatic heterocycles. The van der Waals surface area contributed by atoms with Crippen LogP contribution in [0.4, 0.5) is 0 Å². The molecule has 0 bridgehead atoms. The summed E-state index contributed by atoms with van der Waals surface area (Å²) in [6, 6.07) is 25.3. The fourth-order valence-corrected chi connectivity index (χ4v) is 3.12. The summed E-state index contributed by atoms with van der Waals surface area (Å²) in [6.07, 6.45) is 1.75. The highest BCUT2D eigenvalue weighted by atomic mass is 32.2. The molecule has 0 saturated heterocycles. The van der Waals surface area contributed by atoms with Crippen molar-refractivity contribution >= 4 is 17.7 Å². The van der Waals surface area contributed by atoms with Crippen molar-refractivity contribution in [3.63, 3.8) is 0 Å². The molecular formula is C20H18N2OS. The van der Waals surface area contributed by atoms with E-state index in [1.165, 1.54) is 11.8 Å². The standard InChI is InChI=1S/C20H18N2OS/c23-19(15-24-17-11-5-2-6-12-17)22-20(16-9-3-1-4-10-16)18-13-7-8-14-21-18/h1-14,20H,15H2,(H,22,23). The lowest BCUT2D eigenvalue weighted by Gasteiger charge is -2.18. The Bertz CT molecular complexity index is 724. The molecular weight excluding hydrogens is 316 g/mol. The Morgan fingerprint density at radius 2 is 1.58 bits per heavy atom. The van der Waals surface area contributed by atoms with Crippen molar-refractivity contribution < 1.29 is 4.79 Å². The zero-order valence-corrected chi connectivity index (χ0v) is 13.9. The number of hydrogen-bond acceptors (Lipinski definition) is 3. The first-order valence-corrected chi connectivity index (χ1v) is 8.74. The summed E-state index contributed by atoms with van der Waals surface area (Å²) in [5.41, 5.74) is 1.86. The molecule has 120 valence electrons. The van der Waals surface area contributed by atoms with Gasteiger partial charge >= 0.3 is 0 Å². The van der Waals surface area contributed by atoms with E-state index in [4.69, 9.17) is 0 Å². The molecule has 1 unspecified atom stereocenters. The van der Waals surface area contributed by atoms with Crippen LogP contribution in [0.1, 0.15) is 17.3 Å². The van der Waals surface area contributed by atoms with Crippen molar-refractivity contribution in [3.05, 3.63) is 96.3 Å². The quantitative estimate of drug-likeness (QED) is 0.691. The fraction of sp³-hybridized carbons (Fsp3) is 0.100. The highest BCUT2D eigenvalue weighted by molar-refractivity contribution is 8.00. The van der Waals surface area contributed by atoms with Crippen LogP contribution < -0.4 is 5.32 Å². The zero-order chi connectivity index (χ0) is 16.6. The van der Waals surface area contributed by atoms with Gasteiger partial charge in [0.2, 0.25) is 5.91 Å². The van der Waals surface area contributed by atoms with Gasteiger partial charge in [0.15, 0.2) is 0 Å². The van der Waals surface area contributed by atoms with Gasteiger partial charge < -0.3 is 5.32 Å². The van der Waals surface area contributed by atoms with Gasteiger partial charge in [0.25, 0.3) is 0 Å². The van der Waals surface area contributed by atoms with Crippen LogP contribution in [0.5, 0.6) is 0 Å². The molecule has 1 heterocycles. The van der Waals surface area contributed by atoms with Gasteiger partial charge in [0.1, 0.15) is 0 Å². The topological polar surface area (TPSA) is 42.0 Å². The third-order valence-corrected chi connectivity index (χ3v) is 4.55. The number of amides is 1. The number of rotatable bonds is 6. The van der Waals surface area contributed by atoms with E-state index in [1.54, 1.807) is 6.20 Å². The summed E-state index contributed by atoms with van der Waals surface area (Å²) in [6.45, 7) is 0. The lowest BCUT2D eigenvalue weighted by atomic mass is 10.0. The molecule has 24 heavy (non-hydrogen) atoms. The van der Waals surface area contributed by atoms with E-state index >= 15 is 0 Å². The van der Waals surface area contributed by atoms with Gasteiger partial charge in [-0.05, 0) is 29.8 Å². The smallest absolute Gasteiger partial charge is 0.231 e. The summed E-state index contributed by atoms with van der Waals surface area (Å²) >= 11 is 1.53. The van der Waals surface area contributed by atoms with Gasteiger partial charge in [-0.3, -0.25) is 9.78 Å². The van der Waals surface area contributed by atoms with E-state index in [9.17, 15) is 4.79 Å². The molecule has 4 heteroatoms. The highest BCUT2D eigenvalue weighted by Crippen LogP contribution is 2.21. The summed E-state index contributed by atoms with van der Waals surface area (Å²) in [5.74, 6) is 0.364. The van der Waals surface area contributed by atoms with E-state index in [0.29, 0.717) is 5.75 Å². The summed E-state index contributed by atoms with van der Waals surface area (Å²) in [4.78, 5) is 17.9. The van der Waals surface area contributed by atoms with Gasteiger partial charge in [0.05, 0.1) is 17.5 Å². The highest BCUT2D eigenvalue weighted by Gasteiger charge is 2.17. The minimum atomic E-state index is -0.240. The Hall–Kier alpha value is -2.59. The van der Waals surface area contributed by atoms with Crippen molar-refractivity contribution in [1.82, 2.24) is 10.3 Å². The number of carbonyl (C=O) groups excluding carboxylic acids is 1. The molecule has 3 nitrogen and oxygen atoms in total. The van der Waals surface area contributed by atoms with Gasteiger partial charge in [-0.2, -0.15) is 0 Å². The normalized spacial score (nSPS) is 11.7. The molecule has 0 spiro atoms. The van der Waals surface area contributed by atoms with Gasteiger partial charge in [-0.25, -0.2) is 0 Å². The number of pyridine rings is 1. The fourth-order valence-electron chi connectivity index (χ4n) is 2.39.